The van der Waals surface area contributed by atoms with Crippen LogP contribution in [0, 0.1) is 0 Å². The van der Waals surface area contributed by atoms with Crippen LogP contribution in [-0.2, 0) is 14.3 Å². The van der Waals surface area contributed by atoms with Crippen molar-refractivity contribution in [1.82, 2.24) is 15.6 Å². The Kier molecular flexibility index (Phi) is 11.8. The number of thiazole rings is 1. The molecule has 13 heteroatoms. The minimum Gasteiger partial charge on any atom is -0.449 e. The van der Waals surface area contributed by atoms with Crippen molar-refractivity contribution in [1.29, 1.82) is 0 Å². The molecule has 3 amide bonds. The van der Waals surface area contributed by atoms with Crippen molar-refractivity contribution in [2.75, 3.05) is 19.7 Å². The summed E-state index contributed by atoms with van der Waals surface area (Å²) in [6, 6.07) is 22.1. The summed E-state index contributed by atoms with van der Waals surface area (Å²) >= 11 is 1.24. The Balaban J connectivity index is 0.000000617. The summed E-state index contributed by atoms with van der Waals surface area (Å²) in [5, 5.41) is 5.33. The normalized spacial score (nSPS) is 12.1. The van der Waals surface area contributed by atoms with E-state index in [1.54, 1.807) is 6.07 Å². The monoisotopic (exact) mass is 643 g/mol. The van der Waals surface area contributed by atoms with Gasteiger partial charge >= 0.3 is 6.09 Å². The number of carbonyl (C=O) groups is 4. The van der Waals surface area contributed by atoms with E-state index in [1.165, 1.54) is 11.3 Å². The molecule has 3 aromatic carbocycles. The third-order valence-corrected chi connectivity index (χ3v) is 8.18. The van der Waals surface area contributed by atoms with Crippen LogP contribution in [0.5, 0.6) is 0 Å². The van der Waals surface area contributed by atoms with Crippen LogP contribution < -0.4 is 27.8 Å². The Hall–Kier alpha value is -5.30. The maximum absolute atomic E-state index is 12.9. The van der Waals surface area contributed by atoms with Crippen LogP contribution in [0.4, 0.5) is 4.79 Å². The van der Waals surface area contributed by atoms with E-state index in [0.29, 0.717) is 5.52 Å². The lowest BCUT2D eigenvalue weighted by molar-refractivity contribution is -0.123. The highest BCUT2D eigenvalue weighted by Crippen LogP contribution is 2.44. The summed E-state index contributed by atoms with van der Waals surface area (Å²) in [6.07, 6.45) is 0.0190. The number of primary amides is 1. The number of alkyl carbamates (subject to hydrolysis) is 1. The van der Waals surface area contributed by atoms with Gasteiger partial charge in [0.25, 0.3) is 0 Å². The number of hydrogen-bond acceptors (Lipinski definition) is 8. The summed E-state index contributed by atoms with van der Waals surface area (Å²) in [7, 11) is 0. The van der Waals surface area contributed by atoms with E-state index in [4.69, 9.17) is 21.9 Å². The highest BCUT2D eigenvalue weighted by Gasteiger charge is 2.30. The van der Waals surface area contributed by atoms with Crippen LogP contribution >= 0.6 is 11.3 Å². The Morgan fingerprint density at radius 3 is 2.15 bits per heavy atom. The smallest absolute Gasteiger partial charge is 0.407 e. The molecule has 1 aliphatic carbocycles. The summed E-state index contributed by atoms with van der Waals surface area (Å²) in [6.45, 7) is 2.52. The van der Waals surface area contributed by atoms with Crippen molar-refractivity contribution in [2.24, 2.45) is 22.2 Å². The van der Waals surface area contributed by atoms with Crippen molar-refractivity contribution < 1.29 is 23.9 Å². The molecule has 1 aromatic heterocycles. The Labute approximate surface area is 270 Å². The highest BCUT2D eigenvalue weighted by atomic mass is 32.1. The lowest BCUT2D eigenvalue weighted by Gasteiger charge is -2.19. The Bertz CT molecular complexity index is 1660. The largest absolute Gasteiger partial charge is 0.449 e. The average Bonchev–Trinajstić information content (AvgIpc) is 3.63. The van der Waals surface area contributed by atoms with Crippen molar-refractivity contribution in [2.45, 2.75) is 38.1 Å². The first-order valence-corrected chi connectivity index (χ1v) is 15.6. The third kappa shape index (κ3) is 8.88. The SMILES string of the molecule is CCCN=C(N)N.NC(=O)CCC(NC(=O)OCC1c2ccccc2-c2ccccc21)C(=O)NCC(=O)c1nc2ccccc2s1. The number of fused-ring (bicyclic) bond motifs is 4. The number of aliphatic imine (C=N–C) groups is 1. The average molecular weight is 644 g/mol. The molecule has 0 saturated heterocycles. The number of rotatable bonds is 12. The van der Waals surface area contributed by atoms with Gasteiger partial charge in [0, 0.05) is 18.9 Å². The van der Waals surface area contributed by atoms with Gasteiger partial charge in [-0.15, -0.1) is 11.3 Å². The molecule has 0 radical (unpaired) electrons. The van der Waals surface area contributed by atoms with Crippen molar-refractivity contribution >= 4 is 51.2 Å². The van der Waals surface area contributed by atoms with Crippen LogP contribution in [0.3, 0.4) is 0 Å². The number of carbonyl (C=O) groups excluding carboxylic acids is 4. The number of amides is 3. The zero-order valence-electron chi connectivity index (χ0n) is 25.4. The zero-order chi connectivity index (χ0) is 33.1. The predicted molar refractivity (Wildman–Crippen MR) is 178 cm³/mol. The number of aromatic nitrogens is 1. The van der Waals surface area contributed by atoms with Crippen LogP contribution in [0.1, 0.15) is 53.0 Å². The van der Waals surface area contributed by atoms with E-state index in [-0.39, 0.29) is 48.7 Å². The minimum absolute atomic E-state index is 0.0410. The fourth-order valence-electron chi connectivity index (χ4n) is 4.94. The standard InChI is InChI=1S/C29H26N4O5S.C4H11N3/c30-26(35)14-13-23(27(36)31-15-24(34)28-32-22-11-5-6-12-25(22)39-28)33-29(37)38-16-21-19-9-3-1-7-17(19)18-8-2-4-10-20(18)21;1-2-3-7-4(5)6/h1-12,21,23H,13-16H2,(H2,30,35)(H,31,36)(H,33,37);2-3H2,1H3,(H4,5,6,7). The molecule has 5 rings (SSSR count). The van der Waals surface area contributed by atoms with Gasteiger partial charge in [0.1, 0.15) is 12.6 Å². The zero-order valence-corrected chi connectivity index (χ0v) is 26.2. The molecule has 240 valence electrons. The summed E-state index contributed by atoms with van der Waals surface area (Å²) < 4.78 is 6.40. The van der Waals surface area contributed by atoms with E-state index in [2.05, 4.69) is 20.6 Å². The Morgan fingerprint density at radius 2 is 1.57 bits per heavy atom. The van der Waals surface area contributed by atoms with Crippen molar-refractivity contribution in [3.63, 3.8) is 0 Å². The number of nitrogens with two attached hydrogens (primary N) is 3. The number of benzene rings is 3. The molecule has 1 unspecified atom stereocenters. The van der Waals surface area contributed by atoms with Crippen LogP contribution in [-0.4, -0.2) is 60.4 Å². The van der Waals surface area contributed by atoms with Gasteiger partial charge in [0.15, 0.2) is 11.0 Å². The van der Waals surface area contributed by atoms with Gasteiger partial charge in [0.05, 0.1) is 16.8 Å². The number of guanidine groups is 1. The molecule has 8 N–H and O–H groups in total. The highest BCUT2D eigenvalue weighted by molar-refractivity contribution is 7.20. The van der Waals surface area contributed by atoms with E-state index >= 15 is 0 Å². The number of nitrogens with zero attached hydrogens (tertiary/aromatic N) is 2. The quantitative estimate of drug-likeness (QED) is 0.0876. The predicted octanol–water partition coefficient (Wildman–Crippen LogP) is 3.44. The molecule has 0 saturated carbocycles. The first kappa shape index (κ1) is 33.6. The maximum Gasteiger partial charge on any atom is 0.407 e. The molecule has 46 heavy (non-hydrogen) atoms. The van der Waals surface area contributed by atoms with E-state index in [1.807, 2.05) is 73.7 Å². The molecule has 0 fully saturated rings. The number of para-hydroxylation sites is 1. The lowest BCUT2D eigenvalue weighted by Crippen LogP contribution is -2.48. The number of ether oxygens (including phenoxy) is 1. The van der Waals surface area contributed by atoms with Crippen LogP contribution in [0.15, 0.2) is 77.8 Å². The van der Waals surface area contributed by atoms with Gasteiger partial charge in [-0.05, 0) is 47.2 Å². The fourth-order valence-corrected chi connectivity index (χ4v) is 5.84. The molecule has 4 aromatic rings. The Morgan fingerprint density at radius 1 is 0.935 bits per heavy atom. The van der Waals surface area contributed by atoms with Gasteiger partial charge in [-0.1, -0.05) is 67.6 Å². The lowest BCUT2D eigenvalue weighted by atomic mass is 9.98. The minimum atomic E-state index is -1.11. The molecule has 12 nitrogen and oxygen atoms in total. The summed E-state index contributed by atoms with van der Waals surface area (Å²) in [4.78, 5) is 57.6. The molecular formula is C33H37N7O5S. The second-order valence-corrected chi connectivity index (χ2v) is 11.5. The van der Waals surface area contributed by atoms with Crippen molar-refractivity contribution in [3.05, 3.63) is 88.9 Å². The number of hydrogen-bond donors (Lipinski definition) is 5. The molecule has 0 bridgehead atoms. The maximum atomic E-state index is 12.9. The van der Waals surface area contributed by atoms with Gasteiger partial charge < -0.3 is 32.6 Å². The fraction of sp³-hybridized carbons (Fsp3) is 0.273. The summed E-state index contributed by atoms with van der Waals surface area (Å²) in [5.41, 5.74) is 20.3. The second-order valence-electron chi connectivity index (χ2n) is 10.5. The van der Waals surface area contributed by atoms with E-state index in [9.17, 15) is 19.2 Å². The van der Waals surface area contributed by atoms with Crippen molar-refractivity contribution in [3.8, 4) is 11.1 Å². The van der Waals surface area contributed by atoms with Crippen LogP contribution in [0.2, 0.25) is 0 Å². The summed E-state index contributed by atoms with van der Waals surface area (Å²) in [5.74, 6) is -1.57. The topological polar surface area (TPSA) is 205 Å². The molecular weight excluding hydrogens is 606 g/mol. The molecule has 0 spiro atoms. The van der Waals surface area contributed by atoms with Gasteiger partial charge in [-0.25, -0.2) is 9.78 Å². The van der Waals surface area contributed by atoms with E-state index in [0.717, 1.165) is 39.9 Å². The van der Waals surface area contributed by atoms with Crippen LogP contribution in [0.25, 0.3) is 21.3 Å². The molecule has 0 aliphatic heterocycles. The van der Waals surface area contributed by atoms with E-state index < -0.39 is 23.9 Å². The third-order valence-electron chi connectivity index (χ3n) is 7.11. The van der Waals surface area contributed by atoms with Gasteiger partial charge in [0.2, 0.25) is 17.6 Å². The number of nitrogens with one attached hydrogen (secondary N) is 2. The number of Topliss-reactive ketones (excluding diaryl/α,β-unsaturated/α-hetero) is 1. The first-order valence-electron chi connectivity index (χ1n) is 14.8. The van der Waals surface area contributed by atoms with Gasteiger partial charge in [-0.2, -0.15) is 0 Å². The molecule has 1 atom stereocenters. The molecule has 1 heterocycles. The second kappa shape index (κ2) is 16.1. The first-order chi connectivity index (χ1) is 22.2. The number of ketones is 1. The molecule has 1 aliphatic rings. The van der Waals surface area contributed by atoms with Gasteiger partial charge in [-0.3, -0.25) is 19.4 Å².